The summed E-state index contributed by atoms with van der Waals surface area (Å²) in [6.07, 6.45) is 10.6. The molecule has 2 aromatic rings. The third-order valence-electron chi connectivity index (χ3n) is 11.1. The highest BCUT2D eigenvalue weighted by atomic mass is 35.5. The molecule has 8 heteroatoms. The Morgan fingerprint density at radius 1 is 1.23 bits per heavy atom. The Morgan fingerprint density at radius 3 is 2.80 bits per heavy atom. The summed E-state index contributed by atoms with van der Waals surface area (Å²) >= 11 is 6.44. The number of anilines is 1. The second kappa shape index (κ2) is 12.4. The number of ether oxygens (including phenoxy) is 1. The van der Waals surface area contributed by atoms with E-state index in [1.807, 2.05) is 25.1 Å². The largest absolute Gasteiger partial charge is 0.490 e. The summed E-state index contributed by atoms with van der Waals surface area (Å²) in [7, 11) is -2.92. The van der Waals surface area contributed by atoms with Crippen molar-refractivity contribution in [2.24, 2.45) is 23.7 Å². The van der Waals surface area contributed by atoms with Crippen molar-refractivity contribution in [3.8, 4) is 5.75 Å². The molecule has 1 fully saturated rings. The molecule has 2 N–H and O–H groups in total. The van der Waals surface area contributed by atoms with Crippen molar-refractivity contribution in [3.63, 3.8) is 0 Å². The van der Waals surface area contributed by atoms with Crippen LogP contribution in [-0.2, 0) is 21.5 Å². The number of hydrogen-bond donors (Lipinski definition) is 2. The molecular weight excluding hydrogens is 592 g/mol. The molecule has 0 aromatic heterocycles. The molecule has 2 aliphatic heterocycles. The zero-order chi connectivity index (χ0) is 31.2. The van der Waals surface area contributed by atoms with Gasteiger partial charge in [0.05, 0.1) is 28.1 Å². The molecule has 0 radical (unpaired) electrons. The predicted octanol–water partition coefficient (Wildman–Crippen LogP) is 6.57. The van der Waals surface area contributed by atoms with Crippen LogP contribution in [0.15, 0.2) is 48.6 Å². The lowest BCUT2D eigenvalue weighted by Crippen LogP contribution is -2.49. The number of carbonyl (C=O) groups excluding carboxylic acids is 1. The fraction of sp³-hybridized carbons (Fsp3) is 0.556. The molecule has 238 valence electrons. The number of nitrogens with zero attached hydrogens (tertiary/aromatic N) is 1. The normalized spacial score (nSPS) is 35.2. The van der Waals surface area contributed by atoms with Crippen molar-refractivity contribution >= 4 is 38.8 Å². The fourth-order valence-electron chi connectivity index (χ4n) is 8.02. The smallest absolute Gasteiger partial charge is 0.262 e. The summed E-state index contributed by atoms with van der Waals surface area (Å²) in [5, 5.41) is 11.6. The Kier molecular flexibility index (Phi) is 8.86. The number of aliphatic hydroxyl groups excluding tert-OH is 1. The summed E-state index contributed by atoms with van der Waals surface area (Å²) < 4.78 is 23.2. The van der Waals surface area contributed by atoms with E-state index in [0.29, 0.717) is 36.8 Å². The van der Waals surface area contributed by atoms with Crippen molar-refractivity contribution in [2.75, 3.05) is 24.6 Å². The van der Waals surface area contributed by atoms with Crippen molar-refractivity contribution in [1.29, 1.82) is 0 Å². The minimum absolute atomic E-state index is 0.0430. The Balaban J connectivity index is 1.44. The maximum absolute atomic E-state index is 13.7. The third-order valence-corrected chi connectivity index (χ3v) is 13.6. The fourth-order valence-corrected chi connectivity index (χ4v) is 9.69. The second-order valence-electron chi connectivity index (χ2n) is 13.8. The molecule has 2 aromatic carbocycles. The first-order chi connectivity index (χ1) is 21.0. The van der Waals surface area contributed by atoms with Crippen LogP contribution < -0.4 is 14.4 Å². The first-order valence-corrected chi connectivity index (χ1v) is 18.5. The van der Waals surface area contributed by atoms with E-state index < -0.39 is 15.8 Å². The van der Waals surface area contributed by atoms with Crippen LogP contribution in [0.3, 0.4) is 0 Å². The molecule has 1 amide bonds. The summed E-state index contributed by atoms with van der Waals surface area (Å²) in [5.41, 5.74) is 3.73. The van der Waals surface area contributed by atoms with Crippen molar-refractivity contribution in [3.05, 3.63) is 70.3 Å². The molecule has 4 aliphatic rings. The molecule has 1 unspecified atom stereocenters. The van der Waals surface area contributed by atoms with Gasteiger partial charge in [0, 0.05) is 40.3 Å². The molecule has 6 rings (SSSR count). The van der Waals surface area contributed by atoms with E-state index in [0.717, 1.165) is 61.7 Å². The Morgan fingerprint density at radius 2 is 2.05 bits per heavy atom. The maximum Gasteiger partial charge on any atom is 0.262 e. The second-order valence-corrected chi connectivity index (χ2v) is 16.7. The Hall–Kier alpha value is -2.48. The number of aryl methyl sites for hydroxylation is 1. The lowest BCUT2D eigenvalue weighted by Gasteiger charge is -2.47. The predicted molar refractivity (Wildman–Crippen MR) is 181 cm³/mol. The third kappa shape index (κ3) is 5.92. The quantitative estimate of drug-likeness (QED) is 0.287. The molecule has 44 heavy (non-hydrogen) atoms. The van der Waals surface area contributed by atoms with Crippen LogP contribution in [0.4, 0.5) is 5.69 Å². The maximum atomic E-state index is 13.7. The van der Waals surface area contributed by atoms with Gasteiger partial charge < -0.3 is 14.7 Å². The molecule has 1 spiro atoms. The first kappa shape index (κ1) is 31.5. The van der Waals surface area contributed by atoms with Crippen LogP contribution in [0.5, 0.6) is 5.75 Å². The average molecular weight is 639 g/mol. The molecule has 8 atom stereocenters. The highest BCUT2D eigenvalue weighted by Gasteiger charge is 2.45. The van der Waals surface area contributed by atoms with Crippen molar-refractivity contribution in [2.45, 2.75) is 82.5 Å². The molecule has 0 saturated heterocycles. The lowest BCUT2D eigenvalue weighted by atomic mass is 9.64. The Bertz CT molecular complexity index is 1540. The topological polar surface area (TPSA) is 78.9 Å². The van der Waals surface area contributed by atoms with E-state index in [1.54, 1.807) is 6.07 Å². The number of fused-ring (bicyclic) bond motifs is 4. The highest BCUT2D eigenvalue weighted by Crippen LogP contribution is 2.48. The van der Waals surface area contributed by atoms with Crippen molar-refractivity contribution < 1.29 is 18.8 Å². The van der Waals surface area contributed by atoms with Crippen molar-refractivity contribution in [1.82, 2.24) is 4.72 Å². The average Bonchev–Trinajstić information content (AvgIpc) is 3.13. The van der Waals surface area contributed by atoms with Crippen LogP contribution in [-0.4, -0.2) is 52.1 Å². The number of hydrogen-bond acceptors (Lipinski definition) is 5. The molecular formula is C36H47ClN2O4S. The van der Waals surface area contributed by atoms with Crippen LogP contribution in [0.2, 0.25) is 5.02 Å². The Labute approximate surface area is 268 Å². The number of carbonyl (C=O) groups is 1. The van der Waals surface area contributed by atoms with E-state index >= 15 is 0 Å². The van der Waals surface area contributed by atoms with Gasteiger partial charge in [0.25, 0.3) is 5.91 Å². The summed E-state index contributed by atoms with van der Waals surface area (Å²) in [5.74, 6) is 5.26. The van der Waals surface area contributed by atoms with Gasteiger partial charge in [-0.3, -0.25) is 9.52 Å². The van der Waals surface area contributed by atoms with Crippen LogP contribution in [0.1, 0.15) is 80.8 Å². The molecule has 6 nitrogen and oxygen atoms in total. The van der Waals surface area contributed by atoms with Gasteiger partial charge in [-0.1, -0.05) is 43.7 Å². The minimum Gasteiger partial charge on any atom is -0.490 e. The van der Waals surface area contributed by atoms with Gasteiger partial charge in [-0.2, -0.15) is 0 Å². The molecule has 1 saturated carbocycles. The van der Waals surface area contributed by atoms with E-state index in [1.165, 1.54) is 11.1 Å². The van der Waals surface area contributed by atoms with Crippen LogP contribution in [0.25, 0.3) is 0 Å². The summed E-state index contributed by atoms with van der Waals surface area (Å²) in [4.78, 5) is 16.0. The highest BCUT2D eigenvalue weighted by molar-refractivity contribution is 7.99. The number of rotatable bonds is 2. The van der Waals surface area contributed by atoms with Gasteiger partial charge in [-0.05, 0) is 117 Å². The molecule has 2 aliphatic carbocycles. The van der Waals surface area contributed by atoms with E-state index in [2.05, 4.69) is 53.6 Å². The van der Waals surface area contributed by atoms with E-state index in [-0.39, 0.29) is 28.4 Å². The van der Waals surface area contributed by atoms with Gasteiger partial charge in [0.1, 0.15) is 5.75 Å². The van der Waals surface area contributed by atoms with Gasteiger partial charge in [-0.15, -0.1) is 0 Å². The van der Waals surface area contributed by atoms with Gasteiger partial charge in [0.15, 0.2) is 0 Å². The number of amides is 1. The zero-order valence-electron chi connectivity index (χ0n) is 26.3. The number of aliphatic hydroxyl groups is 1. The van der Waals surface area contributed by atoms with Crippen LogP contribution in [0, 0.1) is 23.7 Å². The van der Waals surface area contributed by atoms with Gasteiger partial charge >= 0.3 is 0 Å². The number of halogens is 1. The summed E-state index contributed by atoms with van der Waals surface area (Å²) in [6, 6.07) is 11.9. The number of benzene rings is 2. The molecule has 2 bridgehead atoms. The summed E-state index contributed by atoms with van der Waals surface area (Å²) in [6.45, 7) is 8.14. The van der Waals surface area contributed by atoms with Gasteiger partial charge in [0.2, 0.25) is 0 Å². The standard InChI is InChI=1S/C36H47ClN2O4S/c1-5-33(40)30-10-6-8-23(2)24(3)44(4,42)38-35(41)26-12-16-34-32(19-26)39(20-27-11-14-29(27)30)21-36(22-43-34)17-7-9-25-18-28(37)13-15-31(25)36/h6,10,12-13,15-16,18-19,23-24,27,29-30,33,40H,4-5,7-9,11,14,17,20-22H2,1-3H3,(H,38,41,42)/b10-6+/t23-,24+,27-,29+,30+,33-,36-,44?/m0/s1. The monoisotopic (exact) mass is 638 g/mol. The zero-order valence-corrected chi connectivity index (χ0v) is 27.8. The molecule has 2 heterocycles. The minimum atomic E-state index is -2.92. The SMILES string of the molecule is C=S1(=O)NC(=O)c2ccc3c(c2)N(C[C@@H]2CC[C@H]2[C@H]([C@@H](O)CC)/C=C/C[C@H](C)[C@H]1C)C[C@@]1(CCCc2cc(Cl)ccc21)CO3. The number of allylic oxidation sites excluding steroid dienone is 1. The van der Waals surface area contributed by atoms with E-state index in [4.69, 9.17) is 16.3 Å². The van der Waals surface area contributed by atoms with Crippen LogP contribution >= 0.6 is 11.6 Å². The first-order valence-electron chi connectivity index (χ1n) is 16.3. The van der Waals surface area contributed by atoms with Gasteiger partial charge in [-0.25, -0.2) is 4.21 Å². The van der Waals surface area contributed by atoms with E-state index in [9.17, 15) is 14.1 Å². The lowest BCUT2D eigenvalue weighted by molar-refractivity contribution is 0.0313. The number of nitrogens with one attached hydrogen (secondary N) is 1.